The number of urea groups is 1. The van der Waals surface area contributed by atoms with Crippen molar-refractivity contribution in [2.75, 3.05) is 11.9 Å². The number of rotatable bonds is 5. The van der Waals surface area contributed by atoms with Gasteiger partial charge in [0.15, 0.2) is 5.82 Å². The largest absolute Gasteiger partial charge is 0.336 e. The van der Waals surface area contributed by atoms with Gasteiger partial charge in [0.05, 0.1) is 0 Å². The Morgan fingerprint density at radius 3 is 2.67 bits per heavy atom. The zero-order valence-electron chi connectivity index (χ0n) is 12.8. The molecule has 7 heteroatoms. The molecule has 0 spiro atoms. The van der Waals surface area contributed by atoms with Crippen LogP contribution in [0.1, 0.15) is 0 Å². The van der Waals surface area contributed by atoms with Gasteiger partial charge in [-0.25, -0.2) is 14.2 Å². The van der Waals surface area contributed by atoms with Crippen molar-refractivity contribution in [2.24, 2.45) is 0 Å². The van der Waals surface area contributed by atoms with E-state index in [-0.39, 0.29) is 11.8 Å². The molecular weight excluding hydrogens is 309 g/mol. The Labute approximate surface area is 138 Å². The van der Waals surface area contributed by atoms with E-state index in [1.807, 2.05) is 29.0 Å². The standard InChI is InChI=1S/C17H16FN5O/c18-13-4-6-14(7-5-13)22-17(24)21-10-12-23-11-9-20-16(23)15-3-1-2-8-19-15/h1-9,11H,10,12H2,(H2,21,22,24). The van der Waals surface area contributed by atoms with E-state index in [2.05, 4.69) is 20.6 Å². The summed E-state index contributed by atoms with van der Waals surface area (Å²) in [6.45, 7) is 0.978. The molecule has 3 aromatic rings. The number of amides is 2. The van der Waals surface area contributed by atoms with E-state index < -0.39 is 0 Å². The maximum atomic E-state index is 12.8. The Bertz CT molecular complexity index is 801. The number of benzene rings is 1. The number of carbonyl (C=O) groups excluding carboxylic acids is 1. The lowest BCUT2D eigenvalue weighted by molar-refractivity contribution is 0.251. The Kier molecular flexibility index (Phi) is 4.81. The highest BCUT2D eigenvalue weighted by Gasteiger charge is 2.07. The molecule has 0 saturated heterocycles. The maximum Gasteiger partial charge on any atom is 0.319 e. The van der Waals surface area contributed by atoms with Crippen LogP contribution in [0.2, 0.25) is 0 Å². The SMILES string of the molecule is O=C(NCCn1ccnc1-c1ccccn1)Nc1ccc(F)cc1. The summed E-state index contributed by atoms with van der Waals surface area (Å²) in [4.78, 5) is 20.4. The summed E-state index contributed by atoms with van der Waals surface area (Å²) in [5.74, 6) is 0.402. The molecule has 3 rings (SSSR count). The number of imidazole rings is 1. The molecule has 2 heterocycles. The Morgan fingerprint density at radius 2 is 1.92 bits per heavy atom. The molecule has 0 aliphatic carbocycles. The minimum atomic E-state index is -0.346. The second kappa shape index (κ2) is 7.36. The van der Waals surface area contributed by atoms with Crippen LogP contribution < -0.4 is 10.6 Å². The number of pyridine rings is 1. The molecule has 0 aliphatic rings. The normalized spacial score (nSPS) is 10.4. The minimum Gasteiger partial charge on any atom is -0.336 e. The third-order valence-electron chi connectivity index (χ3n) is 3.35. The third-order valence-corrected chi connectivity index (χ3v) is 3.35. The van der Waals surface area contributed by atoms with E-state index in [1.54, 1.807) is 12.4 Å². The number of nitrogens with zero attached hydrogens (tertiary/aromatic N) is 3. The Morgan fingerprint density at radius 1 is 1.08 bits per heavy atom. The van der Waals surface area contributed by atoms with E-state index >= 15 is 0 Å². The maximum absolute atomic E-state index is 12.8. The molecule has 0 radical (unpaired) electrons. The zero-order chi connectivity index (χ0) is 16.8. The van der Waals surface area contributed by atoms with Crippen molar-refractivity contribution < 1.29 is 9.18 Å². The van der Waals surface area contributed by atoms with Crippen LogP contribution in [-0.4, -0.2) is 27.1 Å². The van der Waals surface area contributed by atoms with Gasteiger partial charge in [-0.1, -0.05) is 6.07 Å². The van der Waals surface area contributed by atoms with Crippen molar-refractivity contribution in [3.8, 4) is 11.5 Å². The van der Waals surface area contributed by atoms with Gasteiger partial charge in [-0.3, -0.25) is 4.98 Å². The van der Waals surface area contributed by atoms with E-state index in [9.17, 15) is 9.18 Å². The molecule has 0 bridgehead atoms. The summed E-state index contributed by atoms with van der Waals surface area (Å²) in [7, 11) is 0. The topological polar surface area (TPSA) is 71.8 Å². The van der Waals surface area contributed by atoms with E-state index in [0.717, 1.165) is 11.5 Å². The van der Waals surface area contributed by atoms with Crippen LogP contribution in [0, 0.1) is 5.82 Å². The Hall–Kier alpha value is -3.22. The summed E-state index contributed by atoms with van der Waals surface area (Å²) in [6.07, 6.45) is 5.24. The molecule has 0 unspecified atom stereocenters. The van der Waals surface area contributed by atoms with Crippen LogP contribution in [0.5, 0.6) is 0 Å². The monoisotopic (exact) mass is 325 g/mol. The lowest BCUT2D eigenvalue weighted by Crippen LogP contribution is -2.31. The van der Waals surface area contributed by atoms with Crippen molar-refractivity contribution >= 4 is 11.7 Å². The average Bonchev–Trinajstić information content (AvgIpc) is 3.06. The van der Waals surface area contributed by atoms with Crippen LogP contribution in [0.3, 0.4) is 0 Å². The van der Waals surface area contributed by atoms with E-state index in [0.29, 0.717) is 18.8 Å². The first-order chi connectivity index (χ1) is 11.7. The van der Waals surface area contributed by atoms with Crippen LogP contribution in [0.25, 0.3) is 11.5 Å². The Balaban J connectivity index is 1.53. The first kappa shape index (κ1) is 15.7. The molecule has 122 valence electrons. The van der Waals surface area contributed by atoms with Crippen molar-refractivity contribution in [3.05, 3.63) is 66.9 Å². The second-order valence-corrected chi connectivity index (χ2v) is 5.05. The molecule has 0 aliphatic heterocycles. The molecule has 24 heavy (non-hydrogen) atoms. The molecule has 2 amide bonds. The van der Waals surface area contributed by atoms with Gasteiger partial charge in [0.25, 0.3) is 0 Å². The summed E-state index contributed by atoms with van der Waals surface area (Å²) in [5.41, 5.74) is 1.31. The van der Waals surface area contributed by atoms with Gasteiger partial charge in [0.2, 0.25) is 0 Å². The molecule has 2 aromatic heterocycles. The van der Waals surface area contributed by atoms with E-state index in [1.165, 1.54) is 24.3 Å². The van der Waals surface area contributed by atoms with Gasteiger partial charge in [0, 0.05) is 37.4 Å². The fourth-order valence-electron chi connectivity index (χ4n) is 2.22. The third kappa shape index (κ3) is 3.95. The predicted octanol–water partition coefficient (Wildman–Crippen LogP) is 2.91. The van der Waals surface area contributed by atoms with Crippen molar-refractivity contribution in [2.45, 2.75) is 6.54 Å². The molecule has 0 saturated carbocycles. The second-order valence-electron chi connectivity index (χ2n) is 5.05. The summed E-state index contributed by atoms with van der Waals surface area (Å²) in [5, 5.41) is 5.39. The number of hydrogen-bond acceptors (Lipinski definition) is 3. The molecule has 1 aromatic carbocycles. The zero-order valence-corrected chi connectivity index (χ0v) is 12.8. The highest BCUT2D eigenvalue weighted by Crippen LogP contribution is 2.13. The number of aromatic nitrogens is 3. The molecule has 6 nitrogen and oxygen atoms in total. The predicted molar refractivity (Wildman–Crippen MR) is 88.9 cm³/mol. The van der Waals surface area contributed by atoms with Gasteiger partial charge in [-0.05, 0) is 36.4 Å². The van der Waals surface area contributed by atoms with Crippen LogP contribution in [0.15, 0.2) is 61.1 Å². The van der Waals surface area contributed by atoms with Gasteiger partial charge in [0.1, 0.15) is 11.5 Å². The molecular formula is C17H16FN5O. The lowest BCUT2D eigenvalue weighted by Gasteiger charge is -2.10. The van der Waals surface area contributed by atoms with Gasteiger partial charge in [-0.2, -0.15) is 0 Å². The van der Waals surface area contributed by atoms with Crippen molar-refractivity contribution in [1.82, 2.24) is 19.9 Å². The fraction of sp³-hybridized carbons (Fsp3) is 0.118. The van der Waals surface area contributed by atoms with Crippen LogP contribution in [-0.2, 0) is 6.54 Å². The number of nitrogens with one attached hydrogen (secondary N) is 2. The first-order valence-electron chi connectivity index (χ1n) is 7.45. The smallest absolute Gasteiger partial charge is 0.319 e. The number of halogens is 1. The van der Waals surface area contributed by atoms with Gasteiger partial charge < -0.3 is 15.2 Å². The highest BCUT2D eigenvalue weighted by molar-refractivity contribution is 5.89. The van der Waals surface area contributed by atoms with Gasteiger partial charge >= 0.3 is 6.03 Å². The summed E-state index contributed by atoms with van der Waals surface area (Å²) >= 11 is 0. The fourth-order valence-corrected chi connectivity index (χ4v) is 2.22. The number of anilines is 1. The van der Waals surface area contributed by atoms with Gasteiger partial charge in [-0.15, -0.1) is 0 Å². The average molecular weight is 325 g/mol. The highest BCUT2D eigenvalue weighted by atomic mass is 19.1. The molecule has 2 N–H and O–H groups in total. The molecule has 0 fully saturated rings. The summed E-state index contributed by atoms with van der Waals surface area (Å²) in [6, 6.07) is 10.9. The first-order valence-corrected chi connectivity index (χ1v) is 7.45. The van der Waals surface area contributed by atoms with Crippen molar-refractivity contribution in [1.29, 1.82) is 0 Å². The van der Waals surface area contributed by atoms with Crippen LogP contribution >= 0.6 is 0 Å². The lowest BCUT2D eigenvalue weighted by atomic mass is 10.3. The van der Waals surface area contributed by atoms with Crippen molar-refractivity contribution in [3.63, 3.8) is 0 Å². The van der Waals surface area contributed by atoms with Crippen LogP contribution in [0.4, 0.5) is 14.9 Å². The summed E-state index contributed by atoms with van der Waals surface area (Å²) < 4.78 is 14.7. The quantitative estimate of drug-likeness (QED) is 0.757. The van der Waals surface area contributed by atoms with E-state index in [4.69, 9.17) is 0 Å². The number of hydrogen-bond donors (Lipinski definition) is 2. The molecule has 0 atom stereocenters. The minimum absolute atomic E-state index is 0.344. The number of carbonyl (C=O) groups is 1.